The van der Waals surface area contributed by atoms with Gasteiger partial charge in [0.15, 0.2) is 0 Å². The van der Waals surface area contributed by atoms with E-state index in [1.807, 2.05) is 20.8 Å². The molecule has 1 amide bonds. The fourth-order valence-corrected chi connectivity index (χ4v) is 1.46. The molecule has 0 aromatic carbocycles. The van der Waals surface area contributed by atoms with Crippen molar-refractivity contribution in [2.24, 2.45) is 5.92 Å². The van der Waals surface area contributed by atoms with Gasteiger partial charge in [-0.15, -0.1) is 0 Å². The highest BCUT2D eigenvalue weighted by Gasteiger charge is 2.43. The van der Waals surface area contributed by atoms with Crippen molar-refractivity contribution in [2.45, 2.75) is 46.1 Å². The van der Waals surface area contributed by atoms with Gasteiger partial charge in [-0.3, -0.25) is 14.4 Å². The minimum Gasteiger partial charge on any atom is -0.300 e. The van der Waals surface area contributed by atoms with E-state index in [0.29, 0.717) is 19.4 Å². The van der Waals surface area contributed by atoms with Gasteiger partial charge in [-0.1, -0.05) is 13.8 Å². The zero-order chi connectivity index (χ0) is 11.6. The van der Waals surface area contributed by atoms with E-state index in [4.69, 9.17) is 4.84 Å². The van der Waals surface area contributed by atoms with E-state index in [1.54, 1.807) is 0 Å². The van der Waals surface area contributed by atoms with Gasteiger partial charge in [0.1, 0.15) is 11.4 Å². The van der Waals surface area contributed by atoms with Crippen LogP contribution in [-0.4, -0.2) is 28.9 Å². The highest BCUT2D eigenvalue weighted by molar-refractivity contribution is 5.79. The van der Waals surface area contributed by atoms with E-state index >= 15 is 0 Å². The van der Waals surface area contributed by atoms with Crippen molar-refractivity contribution in [1.82, 2.24) is 5.06 Å². The van der Waals surface area contributed by atoms with E-state index in [2.05, 4.69) is 0 Å². The van der Waals surface area contributed by atoms with Gasteiger partial charge in [0.05, 0.1) is 13.0 Å². The Morgan fingerprint density at radius 1 is 1.60 bits per heavy atom. The van der Waals surface area contributed by atoms with Crippen molar-refractivity contribution in [1.29, 1.82) is 0 Å². The van der Waals surface area contributed by atoms with Gasteiger partial charge in [0, 0.05) is 6.42 Å². The van der Waals surface area contributed by atoms with Crippen molar-refractivity contribution in [2.75, 3.05) is 6.54 Å². The second-order valence-electron chi connectivity index (χ2n) is 4.68. The Balaban J connectivity index is 2.56. The van der Waals surface area contributed by atoms with Crippen LogP contribution in [0.25, 0.3) is 0 Å². The minimum atomic E-state index is -0.409. The Labute approximate surface area is 90.5 Å². The molecule has 0 spiro atoms. The van der Waals surface area contributed by atoms with Crippen molar-refractivity contribution in [3.05, 3.63) is 0 Å². The molecule has 4 heteroatoms. The van der Waals surface area contributed by atoms with E-state index < -0.39 is 5.60 Å². The third kappa shape index (κ3) is 2.78. The van der Waals surface area contributed by atoms with E-state index in [1.165, 1.54) is 12.0 Å². The van der Waals surface area contributed by atoms with Gasteiger partial charge < -0.3 is 0 Å². The monoisotopic (exact) mass is 213 g/mol. The van der Waals surface area contributed by atoms with Crippen LogP contribution in [0.3, 0.4) is 0 Å². The number of hydroxylamine groups is 2. The number of amides is 1. The van der Waals surface area contributed by atoms with Gasteiger partial charge >= 0.3 is 0 Å². The van der Waals surface area contributed by atoms with Gasteiger partial charge in [-0.05, 0) is 19.8 Å². The molecule has 1 aliphatic heterocycles. The van der Waals surface area contributed by atoms with Gasteiger partial charge in [-0.2, -0.15) is 0 Å². The van der Waals surface area contributed by atoms with Crippen LogP contribution in [0, 0.1) is 5.92 Å². The maximum atomic E-state index is 11.6. The lowest BCUT2D eigenvalue weighted by molar-refractivity contribution is -0.205. The predicted molar refractivity (Wildman–Crippen MR) is 56.0 cm³/mol. The van der Waals surface area contributed by atoms with E-state index in [0.717, 1.165) is 0 Å². The molecule has 0 radical (unpaired) electrons. The molecule has 0 aliphatic carbocycles. The second kappa shape index (κ2) is 4.31. The van der Waals surface area contributed by atoms with Crippen LogP contribution in [0.1, 0.15) is 40.5 Å². The molecule has 0 aromatic heterocycles. The molecule has 1 fully saturated rings. The van der Waals surface area contributed by atoms with Crippen LogP contribution in [0.2, 0.25) is 0 Å². The standard InChI is InChI=1S/C11H19NO3/c1-8(2)11(4)7-10(14)12(15-11)6-5-9(3)13/h8H,5-7H2,1-4H3. The lowest BCUT2D eigenvalue weighted by Crippen LogP contribution is -2.33. The largest absolute Gasteiger partial charge is 0.300 e. The zero-order valence-electron chi connectivity index (χ0n) is 9.87. The van der Waals surface area contributed by atoms with Crippen molar-refractivity contribution in [3.8, 4) is 0 Å². The summed E-state index contributed by atoms with van der Waals surface area (Å²) in [4.78, 5) is 28.0. The average molecular weight is 213 g/mol. The zero-order valence-corrected chi connectivity index (χ0v) is 9.87. The van der Waals surface area contributed by atoms with Crippen LogP contribution in [-0.2, 0) is 14.4 Å². The smallest absolute Gasteiger partial charge is 0.249 e. The molecule has 1 rings (SSSR count). The molecule has 1 unspecified atom stereocenters. The van der Waals surface area contributed by atoms with Crippen LogP contribution in [0.15, 0.2) is 0 Å². The lowest BCUT2D eigenvalue weighted by atomic mass is 9.90. The first-order valence-corrected chi connectivity index (χ1v) is 5.34. The molecule has 4 nitrogen and oxygen atoms in total. The van der Waals surface area contributed by atoms with Crippen molar-refractivity contribution >= 4 is 11.7 Å². The Morgan fingerprint density at radius 3 is 2.60 bits per heavy atom. The molecular weight excluding hydrogens is 194 g/mol. The normalized spacial score (nSPS) is 26.5. The number of hydrogen-bond acceptors (Lipinski definition) is 3. The number of Topliss-reactive ketones (excluding diaryl/α,β-unsaturated/α-hetero) is 1. The highest BCUT2D eigenvalue weighted by atomic mass is 16.7. The topological polar surface area (TPSA) is 46.6 Å². The number of hydrogen-bond donors (Lipinski definition) is 0. The molecule has 0 saturated carbocycles. The number of nitrogens with zero attached hydrogens (tertiary/aromatic N) is 1. The Hall–Kier alpha value is -0.900. The Morgan fingerprint density at radius 2 is 2.20 bits per heavy atom. The predicted octanol–water partition coefficient (Wildman–Crippen LogP) is 1.54. The summed E-state index contributed by atoms with van der Waals surface area (Å²) in [5, 5.41) is 1.33. The molecule has 1 saturated heterocycles. The summed E-state index contributed by atoms with van der Waals surface area (Å²) in [5.74, 6) is 0.334. The number of carbonyl (C=O) groups excluding carboxylic acids is 2. The molecule has 0 aromatic rings. The fraction of sp³-hybridized carbons (Fsp3) is 0.818. The quantitative estimate of drug-likeness (QED) is 0.711. The molecule has 1 atom stereocenters. The first-order chi connectivity index (χ1) is 6.85. The summed E-state index contributed by atoms with van der Waals surface area (Å²) in [7, 11) is 0. The molecule has 0 N–H and O–H groups in total. The lowest BCUT2D eigenvalue weighted by Gasteiger charge is -2.27. The van der Waals surface area contributed by atoms with Crippen LogP contribution >= 0.6 is 0 Å². The maximum Gasteiger partial charge on any atom is 0.249 e. The van der Waals surface area contributed by atoms with Crippen LogP contribution in [0.5, 0.6) is 0 Å². The Bertz CT molecular complexity index is 275. The molecule has 1 heterocycles. The summed E-state index contributed by atoms with van der Waals surface area (Å²) in [6, 6.07) is 0. The van der Waals surface area contributed by atoms with Crippen molar-refractivity contribution < 1.29 is 14.4 Å². The van der Waals surface area contributed by atoms with Gasteiger partial charge in [0.2, 0.25) is 5.91 Å². The first kappa shape index (κ1) is 12.2. The molecular formula is C11H19NO3. The second-order valence-corrected chi connectivity index (χ2v) is 4.68. The summed E-state index contributed by atoms with van der Waals surface area (Å²) >= 11 is 0. The van der Waals surface area contributed by atoms with Crippen molar-refractivity contribution in [3.63, 3.8) is 0 Å². The molecule has 1 aliphatic rings. The third-order valence-electron chi connectivity index (χ3n) is 2.99. The highest BCUT2D eigenvalue weighted by Crippen LogP contribution is 2.33. The first-order valence-electron chi connectivity index (χ1n) is 5.34. The summed E-state index contributed by atoms with van der Waals surface area (Å²) in [6.45, 7) is 7.88. The summed E-state index contributed by atoms with van der Waals surface area (Å²) in [6.07, 6.45) is 0.766. The number of carbonyl (C=O) groups is 2. The number of rotatable bonds is 4. The maximum absolute atomic E-state index is 11.6. The van der Waals surface area contributed by atoms with Gasteiger partial charge in [-0.25, -0.2) is 5.06 Å². The molecule has 15 heavy (non-hydrogen) atoms. The minimum absolute atomic E-state index is 0.0209. The summed E-state index contributed by atoms with van der Waals surface area (Å²) in [5.41, 5.74) is -0.409. The summed E-state index contributed by atoms with van der Waals surface area (Å²) < 4.78 is 0. The molecule has 86 valence electrons. The average Bonchev–Trinajstić information content (AvgIpc) is 2.39. The van der Waals surface area contributed by atoms with Crippen LogP contribution < -0.4 is 0 Å². The van der Waals surface area contributed by atoms with Gasteiger partial charge in [0.25, 0.3) is 0 Å². The number of ketones is 1. The molecule has 0 bridgehead atoms. The van der Waals surface area contributed by atoms with Crippen LogP contribution in [0.4, 0.5) is 0 Å². The fourth-order valence-electron chi connectivity index (χ4n) is 1.46. The third-order valence-corrected chi connectivity index (χ3v) is 2.99. The van der Waals surface area contributed by atoms with E-state index in [-0.39, 0.29) is 17.6 Å². The SMILES string of the molecule is CC(=O)CCN1OC(C)(C(C)C)CC1=O. The van der Waals surface area contributed by atoms with E-state index in [9.17, 15) is 9.59 Å². The Kier molecular flexibility index (Phi) is 3.50.